The Kier molecular flexibility index (Phi) is 1.12. The van der Waals surface area contributed by atoms with E-state index in [1.807, 2.05) is 12.2 Å². The fourth-order valence-electron chi connectivity index (χ4n) is 1.01. The number of nitrogens with zero attached hydrogens (tertiary/aromatic N) is 2. The number of rotatable bonds is 0. The van der Waals surface area contributed by atoms with Gasteiger partial charge in [0.15, 0.2) is 0 Å². The molecule has 1 aliphatic heterocycles. The first kappa shape index (κ1) is 5.39. The largest absolute Gasteiger partial charge is 0.240 e. The van der Waals surface area contributed by atoms with E-state index in [9.17, 15) is 0 Å². The molecule has 0 aromatic rings. The van der Waals surface area contributed by atoms with Crippen molar-refractivity contribution < 1.29 is 0 Å². The van der Waals surface area contributed by atoms with Gasteiger partial charge in [-0.2, -0.15) is 4.99 Å². The molecule has 0 spiro atoms. The van der Waals surface area contributed by atoms with E-state index in [-0.39, 0.29) is 0 Å². The monoisotopic (exact) mass is 130 g/mol. The fraction of sp³-hybridized carbons (Fsp3) is 0.125. The molecule has 0 aromatic heterocycles. The average Bonchev–Trinajstić information content (AvgIpc) is 2.28. The zero-order chi connectivity index (χ0) is 6.81. The van der Waals surface area contributed by atoms with Gasteiger partial charge in [-0.1, -0.05) is 12.2 Å². The highest BCUT2D eigenvalue weighted by atomic mass is 14.9. The van der Waals surface area contributed by atoms with Gasteiger partial charge in [-0.3, -0.25) is 0 Å². The van der Waals surface area contributed by atoms with Gasteiger partial charge in [0, 0.05) is 18.1 Å². The Morgan fingerprint density at radius 2 is 2.50 bits per heavy atom. The Labute approximate surface area is 59.0 Å². The molecule has 10 heavy (non-hydrogen) atoms. The molecule has 1 heterocycles. The molecule has 0 N–H and O–H groups in total. The quantitative estimate of drug-likeness (QED) is 0.474. The Morgan fingerprint density at radius 3 is 3.50 bits per heavy atom. The molecule has 0 bridgehead atoms. The van der Waals surface area contributed by atoms with Crippen molar-refractivity contribution in [2.24, 2.45) is 9.98 Å². The van der Waals surface area contributed by atoms with Crippen molar-refractivity contribution in [3.8, 4) is 0 Å². The topological polar surface area (TPSA) is 24.7 Å². The van der Waals surface area contributed by atoms with E-state index < -0.39 is 0 Å². The summed E-state index contributed by atoms with van der Waals surface area (Å²) in [7, 11) is 0. The minimum atomic E-state index is 0.930. The summed E-state index contributed by atoms with van der Waals surface area (Å²) >= 11 is 0. The standard InChI is InChI=1S/C8H6N2/c1-2-7-4-5-9-6-10-8(7)3-1/h1-2,4,6H,3H2. The van der Waals surface area contributed by atoms with Crippen molar-refractivity contribution in [2.75, 3.05) is 0 Å². The molecule has 2 nitrogen and oxygen atoms in total. The third kappa shape index (κ3) is 0.751. The van der Waals surface area contributed by atoms with E-state index in [0.29, 0.717) is 0 Å². The van der Waals surface area contributed by atoms with E-state index in [2.05, 4.69) is 21.9 Å². The third-order valence-corrected chi connectivity index (χ3v) is 1.51. The lowest BCUT2D eigenvalue weighted by atomic mass is 10.2. The van der Waals surface area contributed by atoms with Gasteiger partial charge in [-0.25, -0.2) is 4.99 Å². The summed E-state index contributed by atoms with van der Waals surface area (Å²) < 4.78 is 0. The predicted octanol–water partition coefficient (Wildman–Crippen LogP) is 1.47. The smallest absolute Gasteiger partial charge is 0.125 e. The Bertz CT molecular complexity index is 299. The van der Waals surface area contributed by atoms with Crippen LogP contribution >= 0.6 is 0 Å². The second-order valence-electron chi connectivity index (χ2n) is 2.16. The maximum atomic E-state index is 4.12. The molecule has 0 saturated heterocycles. The average molecular weight is 130 g/mol. The molecule has 0 unspecified atom stereocenters. The third-order valence-electron chi connectivity index (χ3n) is 1.51. The van der Waals surface area contributed by atoms with Gasteiger partial charge in [0.05, 0.1) is 5.70 Å². The summed E-state index contributed by atoms with van der Waals surface area (Å²) in [5, 5.41) is 0. The van der Waals surface area contributed by atoms with Crippen LogP contribution in [0, 0.1) is 0 Å². The minimum absolute atomic E-state index is 0.930. The van der Waals surface area contributed by atoms with Gasteiger partial charge >= 0.3 is 0 Å². The first-order valence-electron chi connectivity index (χ1n) is 3.17. The molecular weight excluding hydrogens is 124 g/mol. The van der Waals surface area contributed by atoms with Crippen LogP contribution in [0.15, 0.2) is 39.5 Å². The maximum absolute atomic E-state index is 4.12. The highest BCUT2D eigenvalue weighted by molar-refractivity contribution is 5.75. The molecule has 0 amide bonds. The maximum Gasteiger partial charge on any atom is 0.125 e. The summed E-state index contributed by atoms with van der Waals surface area (Å²) in [5.41, 5.74) is 2.23. The highest BCUT2D eigenvalue weighted by Crippen LogP contribution is 2.20. The van der Waals surface area contributed by atoms with Crippen LogP contribution in [0.1, 0.15) is 6.42 Å². The molecule has 0 radical (unpaired) electrons. The van der Waals surface area contributed by atoms with Crippen molar-refractivity contribution in [3.05, 3.63) is 29.5 Å². The van der Waals surface area contributed by atoms with Gasteiger partial charge in [0.1, 0.15) is 6.34 Å². The number of hydrogen-bond acceptors (Lipinski definition) is 2. The lowest BCUT2D eigenvalue weighted by Gasteiger charge is -1.90. The van der Waals surface area contributed by atoms with E-state index in [0.717, 1.165) is 17.7 Å². The predicted molar refractivity (Wildman–Crippen MR) is 41.3 cm³/mol. The van der Waals surface area contributed by atoms with Crippen LogP contribution in [0.25, 0.3) is 0 Å². The molecule has 48 valence electrons. The Hall–Kier alpha value is -1.40. The molecule has 0 atom stereocenters. The minimum Gasteiger partial charge on any atom is -0.240 e. The zero-order valence-electron chi connectivity index (χ0n) is 5.41. The van der Waals surface area contributed by atoms with Gasteiger partial charge < -0.3 is 0 Å². The van der Waals surface area contributed by atoms with E-state index in [4.69, 9.17) is 0 Å². The van der Waals surface area contributed by atoms with Gasteiger partial charge in [0.2, 0.25) is 0 Å². The normalized spacial score (nSPS) is 20.0. The van der Waals surface area contributed by atoms with Crippen LogP contribution in [0.5, 0.6) is 0 Å². The van der Waals surface area contributed by atoms with Crippen LogP contribution in [0.2, 0.25) is 0 Å². The number of allylic oxidation sites excluding steroid dienone is 4. The second-order valence-corrected chi connectivity index (χ2v) is 2.16. The second kappa shape index (κ2) is 2.09. The number of aliphatic imine (C=N–C) groups is 2. The summed E-state index contributed by atoms with van der Waals surface area (Å²) in [6.45, 7) is 0. The zero-order valence-corrected chi connectivity index (χ0v) is 5.41. The molecule has 2 aliphatic rings. The molecular formula is C8H6N2. The van der Waals surface area contributed by atoms with Crippen LogP contribution in [-0.4, -0.2) is 12.2 Å². The van der Waals surface area contributed by atoms with Crippen molar-refractivity contribution in [1.82, 2.24) is 0 Å². The molecule has 2 rings (SSSR count). The van der Waals surface area contributed by atoms with Crippen LogP contribution in [0.3, 0.4) is 0 Å². The highest BCUT2D eigenvalue weighted by Gasteiger charge is 2.04. The fourth-order valence-corrected chi connectivity index (χ4v) is 1.01. The van der Waals surface area contributed by atoms with Crippen molar-refractivity contribution in [1.29, 1.82) is 0 Å². The summed E-state index contributed by atoms with van der Waals surface area (Å²) in [4.78, 5) is 7.90. The SMILES string of the molecule is C1=CC2=C(CC=C2)N=CN=1. The van der Waals surface area contributed by atoms with Crippen LogP contribution in [-0.2, 0) is 0 Å². The number of hydrogen-bond donors (Lipinski definition) is 0. The Morgan fingerprint density at radius 1 is 1.50 bits per heavy atom. The lowest BCUT2D eigenvalue weighted by molar-refractivity contribution is 1.19. The van der Waals surface area contributed by atoms with Crippen LogP contribution < -0.4 is 0 Å². The summed E-state index contributed by atoms with van der Waals surface area (Å²) in [6.07, 6.45) is 8.45. The van der Waals surface area contributed by atoms with Crippen LogP contribution in [0.4, 0.5) is 0 Å². The molecule has 1 aliphatic carbocycles. The van der Waals surface area contributed by atoms with E-state index >= 15 is 0 Å². The van der Waals surface area contributed by atoms with E-state index in [1.165, 1.54) is 6.34 Å². The lowest BCUT2D eigenvalue weighted by Crippen LogP contribution is -1.74. The van der Waals surface area contributed by atoms with Gasteiger partial charge in [-0.05, 0) is 5.87 Å². The molecule has 0 fully saturated rings. The van der Waals surface area contributed by atoms with Crippen molar-refractivity contribution in [2.45, 2.75) is 6.42 Å². The molecule has 2 heteroatoms. The summed E-state index contributed by atoms with van der Waals surface area (Å²) in [5.74, 6) is 2.76. The van der Waals surface area contributed by atoms with E-state index in [1.54, 1.807) is 0 Å². The Balaban J connectivity index is 2.51. The molecule has 0 aromatic carbocycles. The van der Waals surface area contributed by atoms with Crippen molar-refractivity contribution in [3.63, 3.8) is 0 Å². The first-order chi connectivity index (χ1) is 4.97. The summed E-state index contributed by atoms with van der Waals surface area (Å²) in [6, 6.07) is 0. The van der Waals surface area contributed by atoms with Gasteiger partial charge in [0.25, 0.3) is 0 Å². The first-order valence-corrected chi connectivity index (χ1v) is 3.17. The van der Waals surface area contributed by atoms with Crippen molar-refractivity contribution >= 4 is 12.2 Å². The van der Waals surface area contributed by atoms with Gasteiger partial charge in [-0.15, -0.1) is 0 Å². The molecule has 0 saturated carbocycles.